The molecular weight excluding hydrogens is 402 g/mol. The second-order valence-electron chi connectivity index (χ2n) is 7.04. The van der Waals surface area contributed by atoms with Crippen molar-refractivity contribution in [2.45, 2.75) is 33.2 Å². The van der Waals surface area contributed by atoms with Crippen molar-refractivity contribution in [1.29, 1.82) is 0 Å². The van der Waals surface area contributed by atoms with Crippen LogP contribution in [0, 0.1) is 20.8 Å². The Morgan fingerprint density at radius 1 is 1.21 bits per heavy atom. The lowest BCUT2D eigenvalue weighted by molar-refractivity contribution is 0.0938. The molecule has 0 aliphatic carbocycles. The summed E-state index contributed by atoms with van der Waals surface area (Å²) in [6.45, 7) is 5.81. The number of aromatic amines is 1. The number of hydrogen-bond acceptors (Lipinski definition) is 6. The molecule has 0 saturated heterocycles. The van der Waals surface area contributed by atoms with Gasteiger partial charge in [-0.25, -0.2) is 15.0 Å². The van der Waals surface area contributed by atoms with Gasteiger partial charge in [0.15, 0.2) is 0 Å². The van der Waals surface area contributed by atoms with Crippen LogP contribution >= 0.6 is 23.1 Å². The van der Waals surface area contributed by atoms with Gasteiger partial charge in [-0.1, -0.05) is 12.1 Å². The minimum absolute atomic E-state index is 0.0888. The molecular formula is C21H23N5OS2. The smallest absolute Gasteiger partial charge is 0.262 e. The number of amides is 1. The first kappa shape index (κ1) is 19.8. The van der Waals surface area contributed by atoms with Gasteiger partial charge in [-0.2, -0.15) is 11.8 Å². The molecule has 0 saturated carbocycles. The van der Waals surface area contributed by atoms with Crippen LogP contribution in [0.3, 0.4) is 0 Å². The number of H-pyrrole nitrogens is 1. The fourth-order valence-electron chi connectivity index (χ4n) is 3.56. The number of thiophene rings is 1. The Bertz CT molecular complexity index is 1160. The zero-order valence-corrected chi connectivity index (χ0v) is 18.5. The molecule has 3 heterocycles. The lowest BCUT2D eigenvalue weighted by Crippen LogP contribution is -2.29. The third kappa shape index (κ3) is 3.86. The molecule has 2 N–H and O–H groups in total. The highest BCUT2D eigenvalue weighted by Gasteiger charge is 2.23. The fraction of sp³-hybridized carbons (Fsp3) is 0.333. The first-order valence-corrected chi connectivity index (χ1v) is 11.7. The second kappa shape index (κ2) is 8.12. The number of para-hydroxylation sites is 2. The Hall–Kier alpha value is -2.45. The maximum Gasteiger partial charge on any atom is 0.262 e. The van der Waals surface area contributed by atoms with E-state index in [1.807, 2.05) is 45.0 Å². The average molecular weight is 426 g/mol. The Kier molecular flexibility index (Phi) is 5.56. The van der Waals surface area contributed by atoms with E-state index in [0.717, 1.165) is 56.3 Å². The van der Waals surface area contributed by atoms with Crippen molar-refractivity contribution >= 4 is 50.3 Å². The van der Waals surface area contributed by atoms with Gasteiger partial charge >= 0.3 is 0 Å². The maximum atomic E-state index is 13.2. The molecule has 6 nitrogen and oxygen atoms in total. The van der Waals surface area contributed by atoms with E-state index < -0.39 is 0 Å². The van der Waals surface area contributed by atoms with Crippen LogP contribution < -0.4 is 5.32 Å². The van der Waals surface area contributed by atoms with Gasteiger partial charge in [0.05, 0.1) is 22.0 Å². The molecule has 1 unspecified atom stereocenters. The van der Waals surface area contributed by atoms with E-state index in [0.29, 0.717) is 4.88 Å². The molecule has 4 rings (SSSR count). The number of benzene rings is 1. The first-order valence-electron chi connectivity index (χ1n) is 9.46. The SMILES string of the molecule is CSCCC(NC(=O)c1sc2nc(C)nc(C)c2c1C)c1nc2ccccc2[nH]1. The van der Waals surface area contributed by atoms with Crippen molar-refractivity contribution in [2.24, 2.45) is 0 Å². The first-order chi connectivity index (χ1) is 14.0. The van der Waals surface area contributed by atoms with E-state index in [1.165, 1.54) is 11.3 Å². The van der Waals surface area contributed by atoms with Crippen LogP contribution in [0.4, 0.5) is 0 Å². The van der Waals surface area contributed by atoms with E-state index in [9.17, 15) is 4.79 Å². The molecule has 4 aromatic rings. The summed E-state index contributed by atoms with van der Waals surface area (Å²) >= 11 is 3.18. The molecule has 1 aromatic carbocycles. The van der Waals surface area contributed by atoms with Crippen molar-refractivity contribution in [3.63, 3.8) is 0 Å². The topological polar surface area (TPSA) is 83.6 Å². The minimum Gasteiger partial charge on any atom is -0.341 e. The van der Waals surface area contributed by atoms with Gasteiger partial charge in [0, 0.05) is 11.1 Å². The number of thioether (sulfide) groups is 1. The predicted molar refractivity (Wildman–Crippen MR) is 121 cm³/mol. The predicted octanol–water partition coefficient (Wildman–Crippen LogP) is 4.72. The van der Waals surface area contributed by atoms with Gasteiger partial charge in [0.1, 0.15) is 16.5 Å². The van der Waals surface area contributed by atoms with E-state index in [2.05, 4.69) is 26.5 Å². The van der Waals surface area contributed by atoms with E-state index in [-0.39, 0.29) is 11.9 Å². The summed E-state index contributed by atoms with van der Waals surface area (Å²) in [6.07, 6.45) is 2.87. The third-order valence-corrected chi connectivity index (χ3v) is 6.77. The van der Waals surface area contributed by atoms with Crippen LogP contribution in [0.25, 0.3) is 21.3 Å². The third-order valence-electron chi connectivity index (χ3n) is 4.94. The summed E-state index contributed by atoms with van der Waals surface area (Å²) in [7, 11) is 0. The zero-order valence-electron chi connectivity index (χ0n) is 16.9. The molecule has 0 bridgehead atoms. The van der Waals surface area contributed by atoms with Crippen LogP contribution in [0.2, 0.25) is 0 Å². The lowest BCUT2D eigenvalue weighted by Gasteiger charge is -2.16. The number of imidazole rings is 1. The second-order valence-corrected chi connectivity index (χ2v) is 9.02. The van der Waals surface area contributed by atoms with Crippen molar-refractivity contribution in [3.8, 4) is 0 Å². The molecule has 29 heavy (non-hydrogen) atoms. The van der Waals surface area contributed by atoms with E-state index in [1.54, 1.807) is 11.8 Å². The summed E-state index contributed by atoms with van der Waals surface area (Å²) in [4.78, 5) is 31.8. The van der Waals surface area contributed by atoms with Gasteiger partial charge in [-0.3, -0.25) is 4.79 Å². The average Bonchev–Trinajstić information content (AvgIpc) is 3.26. The number of nitrogens with one attached hydrogen (secondary N) is 2. The van der Waals surface area contributed by atoms with Gasteiger partial charge in [-0.15, -0.1) is 11.3 Å². The number of aryl methyl sites for hydroxylation is 3. The van der Waals surface area contributed by atoms with Crippen molar-refractivity contribution in [3.05, 3.63) is 52.0 Å². The monoisotopic (exact) mass is 425 g/mol. The van der Waals surface area contributed by atoms with Crippen LogP contribution in [0.1, 0.15) is 45.0 Å². The van der Waals surface area contributed by atoms with Gasteiger partial charge in [0.25, 0.3) is 5.91 Å². The summed E-state index contributed by atoms with van der Waals surface area (Å²) in [6, 6.07) is 7.74. The summed E-state index contributed by atoms with van der Waals surface area (Å²) in [5, 5.41) is 4.18. The molecule has 150 valence electrons. The Morgan fingerprint density at radius 2 is 2.00 bits per heavy atom. The number of fused-ring (bicyclic) bond motifs is 2. The lowest BCUT2D eigenvalue weighted by atomic mass is 10.1. The van der Waals surface area contributed by atoms with E-state index >= 15 is 0 Å². The Balaban J connectivity index is 1.67. The van der Waals surface area contributed by atoms with Crippen LogP contribution in [0.5, 0.6) is 0 Å². The number of carbonyl (C=O) groups is 1. The van der Waals surface area contributed by atoms with Crippen molar-refractivity contribution in [1.82, 2.24) is 25.3 Å². The maximum absolute atomic E-state index is 13.2. The largest absolute Gasteiger partial charge is 0.341 e. The highest BCUT2D eigenvalue weighted by atomic mass is 32.2. The molecule has 0 aliphatic rings. The Labute approximate surface area is 177 Å². The molecule has 0 fully saturated rings. The molecule has 0 spiro atoms. The van der Waals surface area contributed by atoms with E-state index in [4.69, 9.17) is 4.98 Å². The molecule has 0 aliphatic heterocycles. The Morgan fingerprint density at radius 3 is 2.76 bits per heavy atom. The zero-order chi connectivity index (χ0) is 20.5. The van der Waals surface area contributed by atoms with Gasteiger partial charge in [-0.05, 0) is 56.9 Å². The van der Waals surface area contributed by atoms with Crippen molar-refractivity contribution in [2.75, 3.05) is 12.0 Å². The highest BCUT2D eigenvalue weighted by molar-refractivity contribution is 7.98. The number of aromatic nitrogens is 4. The molecule has 1 atom stereocenters. The number of hydrogen-bond donors (Lipinski definition) is 2. The summed E-state index contributed by atoms with van der Waals surface area (Å²) < 4.78 is 0. The van der Waals surface area contributed by atoms with Crippen LogP contribution in [0.15, 0.2) is 24.3 Å². The molecule has 1 amide bonds. The van der Waals surface area contributed by atoms with Crippen molar-refractivity contribution < 1.29 is 4.79 Å². The molecule has 3 aromatic heterocycles. The van der Waals surface area contributed by atoms with Crippen LogP contribution in [-0.2, 0) is 0 Å². The normalized spacial score (nSPS) is 12.6. The highest BCUT2D eigenvalue weighted by Crippen LogP contribution is 2.32. The number of nitrogens with zero attached hydrogens (tertiary/aromatic N) is 3. The quantitative estimate of drug-likeness (QED) is 0.467. The summed E-state index contributed by atoms with van der Waals surface area (Å²) in [5.41, 5.74) is 3.74. The van der Waals surface area contributed by atoms with Gasteiger partial charge in [0.2, 0.25) is 0 Å². The fourth-order valence-corrected chi connectivity index (χ4v) is 5.22. The number of carbonyl (C=O) groups excluding carboxylic acids is 1. The molecule has 8 heteroatoms. The summed E-state index contributed by atoms with van der Waals surface area (Å²) in [5.74, 6) is 2.36. The number of rotatable bonds is 6. The minimum atomic E-state index is -0.180. The van der Waals surface area contributed by atoms with Gasteiger partial charge < -0.3 is 10.3 Å². The standard InChI is InChI=1S/C21H23N5OS2/c1-11-17-12(2)22-13(3)23-21(17)29-18(11)20(27)26-16(9-10-28-4)19-24-14-7-5-6-8-15(14)25-19/h5-8,16H,9-10H2,1-4H3,(H,24,25)(H,26,27). The molecule has 0 radical (unpaired) electrons. The van der Waals surface area contributed by atoms with Crippen LogP contribution in [-0.4, -0.2) is 37.9 Å².